The minimum Gasteiger partial charge on any atom is -0.496 e. The van der Waals surface area contributed by atoms with Crippen LogP contribution in [0.2, 0.25) is 0 Å². The van der Waals surface area contributed by atoms with Gasteiger partial charge in [-0.05, 0) is 43.7 Å². The molecule has 5 nitrogen and oxygen atoms in total. The standard InChI is InChI=1S/C18H25N3O2/c1-20(14-17-5-3-10-23-17)12-15-6-7-18(22-2)16(11-15)13-21-9-4-8-19-21/h4,6-9,11,17H,3,5,10,12-14H2,1-2H3. The monoisotopic (exact) mass is 315 g/mol. The van der Waals surface area contributed by atoms with E-state index in [4.69, 9.17) is 9.47 Å². The first kappa shape index (κ1) is 16.0. The topological polar surface area (TPSA) is 39.5 Å². The quantitative estimate of drug-likeness (QED) is 0.787. The molecule has 23 heavy (non-hydrogen) atoms. The maximum Gasteiger partial charge on any atom is 0.123 e. The number of ether oxygens (including phenoxy) is 2. The number of methoxy groups -OCH3 is 1. The van der Waals surface area contributed by atoms with Gasteiger partial charge in [0, 0.05) is 37.7 Å². The number of likely N-dealkylation sites (N-methyl/N-ethyl adjacent to an activating group) is 1. The summed E-state index contributed by atoms with van der Waals surface area (Å²) in [6.07, 6.45) is 6.52. The normalized spacial score (nSPS) is 17.8. The lowest BCUT2D eigenvalue weighted by atomic mass is 10.1. The van der Waals surface area contributed by atoms with Gasteiger partial charge in [0.2, 0.25) is 0 Å². The highest BCUT2D eigenvalue weighted by atomic mass is 16.5. The largest absolute Gasteiger partial charge is 0.496 e. The highest BCUT2D eigenvalue weighted by Crippen LogP contribution is 2.22. The maximum absolute atomic E-state index is 5.72. The van der Waals surface area contributed by atoms with Gasteiger partial charge >= 0.3 is 0 Å². The summed E-state index contributed by atoms with van der Waals surface area (Å²) in [6.45, 7) is 3.53. The van der Waals surface area contributed by atoms with Gasteiger partial charge in [-0.15, -0.1) is 0 Å². The summed E-state index contributed by atoms with van der Waals surface area (Å²) in [5.41, 5.74) is 2.44. The van der Waals surface area contributed by atoms with E-state index in [1.807, 2.05) is 23.0 Å². The van der Waals surface area contributed by atoms with Crippen LogP contribution in [0.25, 0.3) is 0 Å². The van der Waals surface area contributed by atoms with Gasteiger partial charge in [-0.25, -0.2) is 0 Å². The van der Waals surface area contributed by atoms with E-state index in [1.165, 1.54) is 18.4 Å². The lowest BCUT2D eigenvalue weighted by molar-refractivity contribution is 0.0793. The highest BCUT2D eigenvalue weighted by molar-refractivity contribution is 5.37. The van der Waals surface area contributed by atoms with Crippen molar-refractivity contribution in [2.24, 2.45) is 0 Å². The Balaban J connectivity index is 1.66. The fraction of sp³-hybridized carbons (Fsp3) is 0.500. The number of benzene rings is 1. The second-order valence-corrected chi connectivity index (χ2v) is 6.18. The SMILES string of the molecule is COc1ccc(CN(C)CC2CCCO2)cc1Cn1cccn1. The van der Waals surface area contributed by atoms with Gasteiger partial charge in [0.25, 0.3) is 0 Å². The summed E-state index contributed by atoms with van der Waals surface area (Å²) in [5, 5.41) is 4.28. The van der Waals surface area contributed by atoms with Crippen LogP contribution in [0.5, 0.6) is 5.75 Å². The molecule has 5 heteroatoms. The lowest BCUT2D eigenvalue weighted by Gasteiger charge is -2.21. The van der Waals surface area contributed by atoms with Gasteiger partial charge in [-0.3, -0.25) is 9.58 Å². The van der Waals surface area contributed by atoms with Crippen LogP contribution in [0.4, 0.5) is 0 Å². The third-order valence-electron chi connectivity index (χ3n) is 4.23. The average molecular weight is 315 g/mol. The first-order valence-electron chi connectivity index (χ1n) is 8.18. The predicted molar refractivity (Wildman–Crippen MR) is 89.6 cm³/mol. The predicted octanol–water partition coefficient (Wildman–Crippen LogP) is 2.55. The second-order valence-electron chi connectivity index (χ2n) is 6.18. The summed E-state index contributed by atoms with van der Waals surface area (Å²) in [7, 11) is 3.87. The molecular formula is C18H25N3O2. The Bertz CT molecular complexity index is 607. The maximum atomic E-state index is 5.72. The molecule has 0 spiro atoms. The number of hydrogen-bond donors (Lipinski definition) is 0. The Kier molecular flexibility index (Phi) is 5.31. The molecule has 1 aromatic heterocycles. The minimum atomic E-state index is 0.391. The number of aromatic nitrogens is 2. The van der Waals surface area contributed by atoms with E-state index in [-0.39, 0.29) is 0 Å². The molecule has 1 fully saturated rings. The molecule has 1 aliphatic heterocycles. The van der Waals surface area contributed by atoms with Crippen molar-refractivity contribution in [1.82, 2.24) is 14.7 Å². The van der Waals surface area contributed by atoms with Crippen molar-refractivity contribution in [2.45, 2.75) is 32.0 Å². The van der Waals surface area contributed by atoms with E-state index in [9.17, 15) is 0 Å². The van der Waals surface area contributed by atoms with E-state index in [0.29, 0.717) is 6.10 Å². The summed E-state index contributed by atoms with van der Waals surface area (Å²) in [4.78, 5) is 2.33. The van der Waals surface area contributed by atoms with E-state index in [2.05, 4.69) is 29.2 Å². The zero-order valence-electron chi connectivity index (χ0n) is 13.9. The zero-order chi connectivity index (χ0) is 16.1. The van der Waals surface area contributed by atoms with Crippen LogP contribution in [0.3, 0.4) is 0 Å². The molecule has 124 valence electrons. The molecule has 0 aliphatic carbocycles. The van der Waals surface area contributed by atoms with Gasteiger partial charge in [-0.1, -0.05) is 6.07 Å². The Hall–Kier alpha value is -1.85. The molecule has 0 N–H and O–H groups in total. The van der Waals surface area contributed by atoms with Crippen molar-refractivity contribution in [3.63, 3.8) is 0 Å². The molecule has 1 aromatic carbocycles. The van der Waals surface area contributed by atoms with Crippen molar-refractivity contribution < 1.29 is 9.47 Å². The molecule has 2 aromatic rings. The van der Waals surface area contributed by atoms with Crippen LogP contribution >= 0.6 is 0 Å². The number of nitrogens with zero attached hydrogens (tertiary/aromatic N) is 3. The van der Waals surface area contributed by atoms with Gasteiger partial charge in [0.05, 0.1) is 19.8 Å². The van der Waals surface area contributed by atoms with Crippen molar-refractivity contribution in [3.05, 3.63) is 47.8 Å². The molecule has 0 radical (unpaired) electrons. The Labute approximate surface area is 137 Å². The van der Waals surface area contributed by atoms with E-state index >= 15 is 0 Å². The fourth-order valence-corrected chi connectivity index (χ4v) is 3.13. The van der Waals surface area contributed by atoms with Crippen LogP contribution in [0, 0.1) is 0 Å². The summed E-state index contributed by atoms with van der Waals surface area (Å²) < 4.78 is 13.1. The third kappa shape index (κ3) is 4.33. The summed E-state index contributed by atoms with van der Waals surface area (Å²) in [5.74, 6) is 0.908. The van der Waals surface area contributed by atoms with Crippen LogP contribution < -0.4 is 4.74 Å². The van der Waals surface area contributed by atoms with Crippen LogP contribution in [-0.2, 0) is 17.8 Å². The molecular weight excluding hydrogens is 290 g/mol. The molecule has 0 amide bonds. The van der Waals surface area contributed by atoms with Crippen molar-refractivity contribution in [1.29, 1.82) is 0 Å². The summed E-state index contributed by atoms with van der Waals surface area (Å²) in [6, 6.07) is 8.34. The summed E-state index contributed by atoms with van der Waals surface area (Å²) >= 11 is 0. The van der Waals surface area contributed by atoms with Gasteiger partial charge in [0.1, 0.15) is 5.75 Å². The Morgan fingerprint density at radius 1 is 1.43 bits per heavy atom. The van der Waals surface area contributed by atoms with Crippen molar-refractivity contribution in [3.8, 4) is 5.75 Å². The molecule has 3 rings (SSSR count). The van der Waals surface area contributed by atoms with Crippen LogP contribution in [0.15, 0.2) is 36.7 Å². The zero-order valence-corrected chi connectivity index (χ0v) is 13.9. The molecule has 1 unspecified atom stereocenters. The van der Waals surface area contributed by atoms with E-state index < -0.39 is 0 Å². The van der Waals surface area contributed by atoms with Crippen LogP contribution in [-0.4, -0.2) is 48.1 Å². The van der Waals surface area contributed by atoms with Gasteiger partial charge in [-0.2, -0.15) is 5.10 Å². The third-order valence-corrected chi connectivity index (χ3v) is 4.23. The molecule has 2 heterocycles. The second kappa shape index (κ2) is 7.62. The van der Waals surface area contributed by atoms with E-state index in [1.54, 1.807) is 13.3 Å². The smallest absolute Gasteiger partial charge is 0.123 e. The minimum absolute atomic E-state index is 0.391. The Morgan fingerprint density at radius 3 is 3.04 bits per heavy atom. The average Bonchev–Trinajstić information content (AvgIpc) is 3.21. The van der Waals surface area contributed by atoms with Crippen molar-refractivity contribution in [2.75, 3.05) is 27.3 Å². The number of hydrogen-bond acceptors (Lipinski definition) is 4. The molecule has 0 saturated carbocycles. The van der Waals surface area contributed by atoms with Gasteiger partial charge < -0.3 is 9.47 Å². The van der Waals surface area contributed by atoms with E-state index in [0.717, 1.165) is 37.6 Å². The molecule has 1 atom stereocenters. The van der Waals surface area contributed by atoms with Gasteiger partial charge in [0.15, 0.2) is 0 Å². The Morgan fingerprint density at radius 2 is 2.35 bits per heavy atom. The van der Waals surface area contributed by atoms with Crippen LogP contribution in [0.1, 0.15) is 24.0 Å². The molecule has 1 aliphatic rings. The highest BCUT2D eigenvalue weighted by Gasteiger charge is 2.17. The molecule has 1 saturated heterocycles. The number of rotatable bonds is 7. The lowest BCUT2D eigenvalue weighted by Crippen LogP contribution is -2.28. The van der Waals surface area contributed by atoms with Crippen molar-refractivity contribution >= 4 is 0 Å². The first-order chi connectivity index (χ1) is 11.2. The fourth-order valence-electron chi connectivity index (χ4n) is 3.13. The first-order valence-corrected chi connectivity index (χ1v) is 8.18. The molecule has 0 bridgehead atoms.